The molecule has 0 bridgehead atoms. The lowest BCUT2D eigenvalue weighted by Crippen LogP contribution is -2.54. The van der Waals surface area contributed by atoms with E-state index in [9.17, 15) is 47.9 Å². The zero-order chi connectivity index (χ0) is 61.4. The molecule has 2 atom stereocenters. The van der Waals surface area contributed by atoms with Crippen molar-refractivity contribution < 1.29 is 52.7 Å². The van der Waals surface area contributed by atoms with Crippen LogP contribution in [0.4, 0.5) is 32.5 Å². The third kappa shape index (κ3) is 20.3. The second-order valence-electron chi connectivity index (χ2n) is 21.4. The van der Waals surface area contributed by atoms with Crippen molar-refractivity contribution in [1.29, 1.82) is 0 Å². The molecule has 25 nitrogen and oxygen atoms in total. The summed E-state index contributed by atoms with van der Waals surface area (Å²) in [4.78, 5) is 141. The first-order valence-electron chi connectivity index (χ1n) is 29.1. The fourth-order valence-electron chi connectivity index (χ4n) is 9.77. The molecule has 3 aromatic rings. The van der Waals surface area contributed by atoms with Crippen LogP contribution in [0, 0.1) is 11.8 Å². The number of primary amides is 1. The van der Waals surface area contributed by atoms with Gasteiger partial charge in [0.05, 0.1) is 17.6 Å². The average molecular weight is 1170 g/mol. The SMILES string of the molecule is CCCN(CCC)C(=O)C1=Cc2ccc(C(=O)Nc3ccc(N4CCC(C(=O)NCCNC(=O)OCc5ccc(NC(=O)C(CCCNC(N)=O)NC(=O)C(NC(=O)CCCCCN6C(=O)C=CC6=O)C(C)C)cc5)CC4)nc3)cc2N=C(N)C1. The standard InChI is InChI=1S/C60H80N14O11/c1-5-28-73(29-6-2)58(82)43-33-41-15-16-42(34-47(41)69-48(61)35-43)55(79)68-45-19-20-49(66-36-45)72-31-23-40(24-32-72)54(78)63-26-27-65-60(84)85-37-39-13-17-44(18-14-39)67-56(80)46(11-10-25-64-59(62)83)70-57(81)53(38(3)4)71-50(75)12-8-7-9-30-74-51(76)21-22-52(74)77/h13-22,33-34,36,38,40,46,53H,5-12,23-32,35,37H2,1-4H3,(H2,61,69)(H,63,78)(H,65,84)(H,67,80)(H,68,79)(H,70,81)(H,71,75)(H3,62,64,83). The molecule has 2 aromatic carbocycles. The first-order valence-corrected chi connectivity index (χ1v) is 29.1. The lowest BCUT2D eigenvalue weighted by Gasteiger charge is -2.32. The maximum Gasteiger partial charge on any atom is 0.407 e. The normalized spacial score (nSPS) is 14.6. The second-order valence-corrected chi connectivity index (χ2v) is 21.4. The number of aromatic nitrogens is 1. The molecule has 11 N–H and O–H groups in total. The number of alkyl carbamates (subject to hydrolysis) is 1. The van der Waals surface area contributed by atoms with E-state index in [2.05, 4.69) is 52.1 Å². The van der Waals surface area contributed by atoms with Crippen molar-refractivity contribution in [1.82, 2.24) is 41.4 Å². The molecule has 0 saturated carbocycles. The van der Waals surface area contributed by atoms with Crippen molar-refractivity contribution >= 4 is 94.2 Å². The molecule has 1 aromatic heterocycles. The number of amides is 11. The van der Waals surface area contributed by atoms with E-state index < -0.39 is 36.0 Å². The molecular formula is C60H80N14O11. The minimum atomic E-state index is -1.06. The van der Waals surface area contributed by atoms with Crippen molar-refractivity contribution in [3.8, 4) is 0 Å². The number of amidine groups is 1. The number of benzene rings is 2. The number of imide groups is 1. The summed E-state index contributed by atoms with van der Waals surface area (Å²) in [5.41, 5.74) is 15.1. The molecule has 25 heteroatoms. The molecule has 6 rings (SSSR count). The molecule has 3 aliphatic rings. The van der Waals surface area contributed by atoms with Crippen LogP contribution in [0.3, 0.4) is 0 Å². The van der Waals surface area contributed by atoms with Crippen LogP contribution < -0.4 is 53.6 Å². The van der Waals surface area contributed by atoms with Gasteiger partial charge >= 0.3 is 12.1 Å². The van der Waals surface area contributed by atoms with E-state index in [1.54, 1.807) is 74.7 Å². The van der Waals surface area contributed by atoms with Gasteiger partial charge in [0.15, 0.2) is 0 Å². The predicted molar refractivity (Wildman–Crippen MR) is 321 cm³/mol. The Hall–Kier alpha value is -9.16. The van der Waals surface area contributed by atoms with E-state index >= 15 is 0 Å². The summed E-state index contributed by atoms with van der Waals surface area (Å²) >= 11 is 0. The van der Waals surface area contributed by atoms with Gasteiger partial charge in [-0.3, -0.25) is 43.3 Å². The highest BCUT2D eigenvalue weighted by Crippen LogP contribution is 2.30. The second kappa shape index (κ2) is 32.6. The van der Waals surface area contributed by atoms with Gasteiger partial charge in [-0.25, -0.2) is 19.6 Å². The zero-order valence-corrected chi connectivity index (χ0v) is 48.8. The molecule has 0 spiro atoms. The summed E-state index contributed by atoms with van der Waals surface area (Å²) in [7, 11) is 0. The Kier molecular flexibility index (Phi) is 24.9. The van der Waals surface area contributed by atoms with E-state index in [4.69, 9.17) is 16.2 Å². The maximum atomic E-state index is 13.6. The van der Waals surface area contributed by atoms with Crippen molar-refractivity contribution in [3.63, 3.8) is 0 Å². The Morgan fingerprint density at radius 2 is 1.47 bits per heavy atom. The number of anilines is 3. The Labute approximate surface area is 494 Å². The lowest BCUT2D eigenvalue weighted by atomic mass is 9.96. The summed E-state index contributed by atoms with van der Waals surface area (Å²) in [6.07, 6.45) is 10.3. The highest BCUT2D eigenvalue weighted by Gasteiger charge is 2.30. The number of hydrogen-bond acceptors (Lipinski definition) is 15. The Balaban J connectivity index is 0.874. The van der Waals surface area contributed by atoms with Gasteiger partial charge in [-0.2, -0.15) is 0 Å². The Morgan fingerprint density at radius 3 is 2.13 bits per heavy atom. The number of piperidine rings is 1. The van der Waals surface area contributed by atoms with Crippen LogP contribution in [0.25, 0.3) is 6.08 Å². The number of fused-ring (bicyclic) bond motifs is 1. The van der Waals surface area contributed by atoms with Crippen molar-refractivity contribution in [2.24, 2.45) is 28.3 Å². The largest absolute Gasteiger partial charge is 0.445 e. The molecular weight excluding hydrogens is 1090 g/mol. The van der Waals surface area contributed by atoms with Crippen LogP contribution in [-0.4, -0.2) is 144 Å². The fourth-order valence-corrected chi connectivity index (χ4v) is 9.77. The van der Waals surface area contributed by atoms with Gasteiger partial charge in [0.1, 0.15) is 30.3 Å². The van der Waals surface area contributed by atoms with Crippen LogP contribution >= 0.6 is 0 Å². The first-order chi connectivity index (χ1) is 40.8. The van der Waals surface area contributed by atoms with E-state index in [1.807, 2.05) is 24.8 Å². The highest BCUT2D eigenvalue weighted by atomic mass is 16.5. The quantitative estimate of drug-likeness (QED) is 0.0328. The Morgan fingerprint density at radius 1 is 0.776 bits per heavy atom. The molecule has 4 heterocycles. The smallest absolute Gasteiger partial charge is 0.407 e. The molecule has 3 aliphatic heterocycles. The van der Waals surface area contributed by atoms with Gasteiger partial charge in [-0.05, 0) is 105 Å². The molecule has 1 fully saturated rings. The van der Waals surface area contributed by atoms with E-state index in [0.717, 1.165) is 17.7 Å². The number of nitrogens with two attached hydrogens (primary N) is 2. The number of urea groups is 1. The van der Waals surface area contributed by atoms with E-state index in [-0.39, 0.29) is 106 Å². The molecule has 85 heavy (non-hydrogen) atoms. The van der Waals surface area contributed by atoms with Crippen LogP contribution in [0.15, 0.2) is 83.5 Å². The predicted octanol–water partition coefficient (Wildman–Crippen LogP) is 4.52. The van der Waals surface area contributed by atoms with Gasteiger partial charge < -0.3 is 63.2 Å². The molecule has 1 saturated heterocycles. The van der Waals surface area contributed by atoms with Crippen LogP contribution in [0.1, 0.15) is 120 Å². The highest BCUT2D eigenvalue weighted by molar-refractivity contribution is 6.13. The summed E-state index contributed by atoms with van der Waals surface area (Å²) in [5.74, 6) is -2.35. The monoisotopic (exact) mass is 1170 g/mol. The van der Waals surface area contributed by atoms with Crippen LogP contribution in [0.2, 0.25) is 0 Å². The fraction of sp³-hybridized carbons (Fsp3) is 0.467. The number of nitrogens with one attached hydrogen (secondary N) is 7. The minimum absolute atomic E-state index is 0.0648. The van der Waals surface area contributed by atoms with Crippen molar-refractivity contribution in [2.45, 2.75) is 117 Å². The third-order valence-electron chi connectivity index (χ3n) is 14.3. The molecule has 456 valence electrons. The van der Waals surface area contributed by atoms with Gasteiger partial charge in [0, 0.05) is 106 Å². The van der Waals surface area contributed by atoms with Gasteiger partial charge in [-0.15, -0.1) is 0 Å². The molecule has 0 radical (unpaired) electrons. The van der Waals surface area contributed by atoms with E-state index in [0.29, 0.717) is 109 Å². The van der Waals surface area contributed by atoms with Crippen molar-refractivity contribution in [3.05, 3.63) is 95.2 Å². The number of pyridine rings is 1. The van der Waals surface area contributed by atoms with Gasteiger partial charge in [0.2, 0.25) is 29.5 Å². The zero-order valence-electron chi connectivity index (χ0n) is 48.8. The number of nitrogens with zero attached hydrogens (tertiary/aromatic N) is 5. The minimum Gasteiger partial charge on any atom is -0.445 e. The number of carbonyl (C=O) groups is 10. The maximum absolute atomic E-state index is 13.6. The summed E-state index contributed by atoms with van der Waals surface area (Å²) in [6.45, 7) is 10.7. The number of hydrogen-bond donors (Lipinski definition) is 9. The number of ether oxygens (including phenoxy) is 1. The summed E-state index contributed by atoms with van der Waals surface area (Å²) in [5, 5.41) is 19.2. The first kappa shape index (κ1) is 65.0. The van der Waals surface area contributed by atoms with E-state index in [1.165, 1.54) is 12.2 Å². The summed E-state index contributed by atoms with van der Waals surface area (Å²) in [6, 6.07) is 12.4. The third-order valence-corrected chi connectivity index (χ3v) is 14.3. The number of rotatable bonds is 30. The topological polar surface area (TPSA) is 351 Å². The Bertz CT molecular complexity index is 2950. The average Bonchev–Trinajstić information content (AvgIpc) is 4.03. The number of unbranched alkanes of at least 4 members (excludes halogenated alkanes) is 2. The van der Waals surface area contributed by atoms with Crippen LogP contribution in [-0.2, 0) is 44.9 Å². The van der Waals surface area contributed by atoms with Gasteiger partial charge in [0.25, 0.3) is 17.7 Å². The van der Waals surface area contributed by atoms with Crippen molar-refractivity contribution in [2.75, 3.05) is 67.9 Å². The molecule has 2 unspecified atom stereocenters. The summed E-state index contributed by atoms with van der Waals surface area (Å²) < 4.78 is 5.36. The number of aliphatic imine (C=N–C) groups is 1. The molecule has 0 aliphatic carbocycles. The van der Waals surface area contributed by atoms with Crippen LogP contribution in [0.5, 0.6) is 0 Å². The number of carbonyl (C=O) groups excluding carboxylic acids is 10. The molecule has 11 amide bonds. The lowest BCUT2D eigenvalue weighted by molar-refractivity contribution is -0.137. The van der Waals surface area contributed by atoms with Gasteiger partial charge in [-0.1, -0.05) is 52.3 Å².